The van der Waals surface area contributed by atoms with Crippen molar-refractivity contribution in [2.75, 3.05) is 26.2 Å². The van der Waals surface area contributed by atoms with Gasteiger partial charge >= 0.3 is 0 Å². The first kappa shape index (κ1) is 19.9. The van der Waals surface area contributed by atoms with Crippen LogP contribution in [-0.2, 0) is 11.2 Å². The second-order valence-electron chi connectivity index (χ2n) is 7.78. The number of carbonyl (C=O) groups is 2. The van der Waals surface area contributed by atoms with E-state index in [0.717, 1.165) is 22.9 Å². The van der Waals surface area contributed by atoms with E-state index in [9.17, 15) is 14.4 Å². The summed E-state index contributed by atoms with van der Waals surface area (Å²) >= 11 is 0. The van der Waals surface area contributed by atoms with Gasteiger partial charge in [-0.2, -0.15) is 0 Å². The molecule has 0 unspecified atom stereocenters. The van der Waals surface area contributed by atoms with Gasteiger partial charge in [-0.15, -0.1) is 0 Å². The molecule has 0 saturated carbocycles. The third kappa shape index (κ3) is 4.27. The van der Waals surface area contributed by atoms with Gasteiger partial charge in [0, 0.05) is 42.8 Å². The van der Waals surface area contributed by atoms with Crippen LogP contribution in [0.3, 0.4) is 0 Å². The van der Waals surface area contributed by atoms with Crippen LogP contribution in [0.4, 0.5) is 0 Å². The van der Waals surface area contributed by atoms with Crippen molar-refractivity contribution in [3.63, 3.8) is 0 Å². The van der Waals surface area contributed by atoms with Crippen LogP contribution in [0.2, 0.25) is 0 Å². The summed E-state index contributed by atoms with van der Waals surface area (Å²) in [7, 11) is 0. The number of hydrogen-bond acceptors (Lipinski definition) is 3. The molecule has 1 saturated heterocycles. The van der Waals surface area contributed by atoms with E-state index < -0.39 is 0 Å². The number of aromatic amines is 1. The maximum absolute atomic E-state index is 12.9. The van der Waals surface area contributed by atoms with Crippen LogP contribution in [0, 0.1) is 6.92 Å². The largest absolute Gasteiger partial charge is 0.341 e. The molecule has 2 aromatic carbocycles. The predicted octanol–water partition coefficient (Wildman–Crippen LogP) is 2.75. The molecule has 2 heterocycles. The molecule has 0 bridgehead atoms. The Morgan fingerprint density at radius 1 is 0.933 bits per heavy atom. The topological polar surface area (TPSA) is 73.5 Å². The monoisotopic (exact) mass is 403 g/mol. The van der Waals surface area contributed by atoms with Crippen LogP contribution in [0.15, 0.2) is 59.4 Å². The third-order valence-corrected chi connectivity index (χ3v) is 5.57. The summed E-state index contributed by atoms with van der Waals surface area (Å²) in [5.41, 5.74) is 2.73. The zero-order valence-corrected chi connectivity index (χ0v) is 17.1. The van der Waals surface area contributed by atoms with Gasteiger partial charge in [0.1, 0.15) is 0 Å². The Balaban J connectivity index is 1.43. The Morgan fingerprint density at radius 3 is 2.53 bits per heavy atom. The molecule has 1 aliphatic heterocycles. The number of aryl methyl sites for hydroxylation is 1. The van der Waals surface area contributed by atoms with Crippen molar-refractivity contribution in [3.8, 4) is 0 Å². The minimum Gasteiger partial charge on any atom is -0.341 e. The zero-order chi connectivity index (χ0) is 21.1. The molecule has 0 aliphatic carbocycles. The lowest BCUT2D eigenvalue weighted by molar-refractivity contribution is -0.130. The molecular formula is C24H25N3O3. The highest BCUT2D eigenvalue weighted by atomic mass is 16.2. The van der Waals surface area contributed by atoms with E-state index in [4.69, 9.17) is 0 Å². The van der Waals surface area contributed by atoms with Gasteiger partial charge in [0.05, 0.1) is 6.42 Å². The lowest BCUT2D eigenvalue weighted by Gasteiger charge is -2.22. The number of carbonyl (C=O) groups excluding carboxylic acids is 2. The number of aromatic nitrogens is 1. The molecule has 1 N–H and O–H groups in total. The molecule has 154 valence electrons. The van der Waals surface area contributed by atoms with Crippen molar-refractivity contribution in [1.82, 2.24) is 14.8 Å². The first-order valence-electron chi connectivity index (χ1n) is 10.3. The van der Waals surface area contributed by atoms with Crippen molar-refractivity contribution < 1.29 is 9.59 Å². The fourth-order valence-electron chi connectivity index (χ4n) is 3.93. The number of hydrogen-bond donors (Lipinski definition) is 1. The maximum Gasteiger partial charge on any atom is 0.253 e. The SMILES string of the molecule is Cc1cccc(C(=O)N2CCCN(C(=O)Cc3cc4ccccc4[nH]c3=O)CC2)c1. The van der Waals surface area contributed by atoms with Crippen molar-refractivity contribution >= 4 is 22.7 Å². The molecule has 6 nitrogen and oxygen atoms in total. The third-order valence-electron chi connectivity index (χ3n) is 5.57. The average Bonchev–Trinajstić information content (AvgIpc) is 3.00. The first-order valence-corrected chi connectivity index (χ1v) is 10.3. The molecule has 0 spiro atoms. The van der Waals surface area contributed by atoms with E-state index in [1.807, 2.05) is 60.4 Å². The summed E-state index contributed by atoms with van der Waals surface area (Å²) in [6.07, 6.45) is 0.781. The van der Waals surface area contributed by atoms with Crippen molar-refractivity contribution in [1.29, 1.82) is 0 Å². The molecule has 4 rings (SSSR count). The lowest BCUT2D eigenvalue weighted by atomic mass is 10.1. The van der Waals surface area contributed by atoms with Gasteiger partial charge in [-0.3, -0.25) is 14.4 Å². The van der Waals surface area contributed by atoms with Crippen molar-refractivity contribution in [2.24, 2.45) is 0 Å². The molecule has 30 heavy (non-hydrogen) atoms. The van der Waals surface area contributed by atoms with E-state index >= 15 is 0 Å². The Labute approximate surface area is 175 Å². The Kier molecular flexibility index (Phi) is 5.65. The Bertz CT molecular complexity index is 1150. The van der Waals surface area contributed by atoms with Gasteiger partial charge in [0.2, 0.25) is 5.91 Å². The van der Waals surface area contributed by atoms with Crippen LogP contribution >= 0.6 is 0 Å². The standard InChI is InChI=1S/C24H25N3O3/c1-17-6-4-8-19(14-17)24(30)27-11-5-10-26(12-13-27)22(28)16-20-15-18-7-2-3-9-21(18)25-23(20)29/h2-4,6-9,14-15H,5,10-13,16H2,1H3,(H,25,29). The first-order chi connectivity index (χ1) is 14.5. The summed E-state index contributed by atoms with van der Waals surface area (Å²) in [5, 5.41) is 0.908. The number of para-hydroxylation sites is 1. The van der Waals surface area contributed by atoms with Gasteiger partial charge in [0.25, 0.3) is 11.5 Å². The Hall–Kier alpha value is -3.41. The van der Waals surface area contributed by atoms with Crippen LogP contribution in [0.1, 0.15) is 27.9 Å². The highest BCUT2D eigenvalue weighted by molar-refractivity contribution is 5.94. The van der Waals surface area contributed by atoms with Gasteiger partial charge in [0.15, 0.2) is 0 Å². The highest BCUT2D eigenvalue weighted by Crippen LogP contribution is 2.14. The number of rotatable bonds is 3. The summed E-state index contributed by atoms with van der Waals surface area (Å²) in [4.78, 5) is 44.5. The van der Waals surface area contributed by atoms with E-state index in [1.165, 1.54) is 0 Å². The minimum atomic E-state index is -0.229. The van der Waals surface area contributed by atoms with Crippen molar-refractivity contribution in [2.45, 2.75) is 19.8 Å². The van der Waals surface area contributed by atoms with Crippen LogP contribution in [-0.4, -0.2) is 52.8 Å². The number of fused-ring (bicyclic) bond motifs is 1. The van der Waals surface area contributed by atoms with Crippen molar-refractivity contribution in [3.05, 3.63) is 81.6 Å². The molecule has 3 aromatic rings. The minimum absolute atomic E-state index is 0.000951. The highest BCUT2D eigenvalue weighted by Gasteiger charge is 2.23. The Morgan fingerprint density at radius 2 is 1.70 bits per heavy atom. The van der Waals surface area contributed by atoms with Gasteiger partial charge in [-0.25, -0.2) is 0 Å². The quantitative estimate of drug-likeness (QED) is 0.731. The average molecular weight is 403 g/mol. The van der Waals surface area contributed by atoms with Crippen LogP contribution < -0.4 is 5.56 Å². The second kappa shape index (κ2) is 8.53. The normalized spacial score (nSPS) is 14.6. The number of pyridine rings is 1. The van der Waals surface area contributed by atoms with Crippen LogP contribution in [0.5, 0.6) is 0 Å². The number of amides is 2. The van der Waals surface area contributed by atoms with Gasteiger partial charge < -0.3 is 14.8 Å². The van der Waals surface area contributed by atoms with E-state index in [2.05, 4.69) is 4.98 Å². The molecule has 1 aromatic heterocycles. The summed E-state index contributed by atoms with van der Waals surface area (Å²) in [6, 6.07) is 16.9. The lowest BCUT2D eigenvalue weighted by Crippen LogP contribution is -2.38. The molecule has 1 fully saturated rings. The molecule has 0 radical (unpaired) electrons. The predicted molar refractivity (Wildman–Crippen MR) is 117 cm³/mol. The number of nitrogens with zero attached hydrogens (tertiary/aromatic N) is 2. The zero-order valence-electron chi connectivity index (χ0n) is 17.1. The summed E-state index contributed by atoms with van der Waals surface area (Å²) < 4.78 is 0. The number of H-pyrrole nitrogens is 1. The van der Waals surface area contributed by atoms with Gasteiger partial charge in [-0.05, 0) is 43.0 Å². The number of benzene rings is 2. The maximum atomic E-state index is 12.9. The smallest absolute Gasteiger partial charge is 0.253 e. The van der Waals surface area contributed by atoms with E-state index in [0.29, 0.717) is 37.3 Å². The second-order valence-corrected chi connectivity index (χ2v) is 7.78. The molecule has 1 aliphatic rings. The van der Waals surface area contributed by atoms with Crippen LogP contribution in [0.25, 0.3) is 10.9 Å². The summed E-state index contributed by atoms with van der Waals surface area (Å²) in [5.74, 6) is -0.0837. The fraction of sp³-hybridized carbons (Fsp3) is 0.292. The summed E-state index contributed by atoms with van der Waals surface area (Å²) in [6.45, 7) is 4.14. The molecular weight excluding hydrogens is 378 g/mol. The molecule has 0 atom stereocenters. The number of nitrogens with one attached hydrogen (secondary N) is 1. The molecule has 6 heteroatoms. The molecule has 2 amide bonds. The van der Waals surface area contributed by atoms with Gasteiger partial charge in [-0.1, -0.05) is 35.9 Å². The van der Waals surface area contributed by atoms with E-state index in [1.54, 1.807) is 11.0 Å². The fourth-order valence-corrected chi connectivity index (χ4v) is 3.93. The van der Waals surface area contributed by atoms with E-state index in [-0.39, 0.29) is 23.8 Å².